The molecule has 2 rings (SSSR count). The Kier molecular flexibility index (Phi) is 4.77. The van der Waals surface area contributed by atoms with Crippen molar-refractivity contribution >= 4 is 21.6 Å². The first-order valence-electron chi connectivity index (χ1n) is 6.04. The second-order valence-corrected chi connectivity index (χ2v) is 5.07. The van der Waals surface area contributed by atoms with E-state index in [2.05, 4.69) is 15.9 Å². The Hall–Kier alpha value is -2.12. The maximum Gasteiger partial charge on any atom is 0.273 e. The molecule has 0 aromatic heterocycles. The fourth-order valence-electron chi connectivity index (χ4n) is 1.78. The van der Waals surface area contributed by atoms with Crippen molar-refractivity contribution in [3.8, 4) is 17.2 Å². The Bertz CT molecular complexity index is 676. The predicted molar refractivity (Wildman–Crippen MR) is 81.8 cm³/mol. The van der Waals surface area contributed by atoms with Gasteiger partial charge in [-0.15, -0.1) is 0 Å². The van der Waals surface area contributed by atoms with Crippen molar-refractivity contribution in [3.63, 3.8) is 0 Å². The van der Waals surface area contributed by atoms with Gasteiger partial charge in [-0.2, -0.15) is 0 Å². The summed E-state index contributed by atoms with van der Waals surface area (Å²) < 4.78 is 11.8. The topological polar surface area (TPSA) is 87.6 Å². The number of nitrogens with zero attached hydrogens (tertiary/aromatic N) is 1. The van der Waals surface area contributed by atoms with Gasteiger partial charge < -0.3 is 15.2 Å². The third-order valence-corrected chi connectivity index (χ3v) is 3.31. The second kappa shape index (κ2) is 6.55. The lowest BCUT2D eigenvalue weighted by atomic mass is 10.2. The van der Waals surface area contributed by atoms with Crippen LogP contribution in [-0.2, 0) is 6.54 Å². The van der Waals surface area contributed by atoms with Gasteiger partial charge in [-0.25, -0.2) is 0 Å². The van der Waals surface area contributed by atoms with Crippen LogP contribution in [0.1, 0.15) is 5.56 Å². The van der Waals surface area contributed by atoms with Gasteiger partial charge in [-0.05, 0) is 24.3 Å². The largest absolute Gasteiger partial charge is 0.493 e. The molecule has 0 atom stereocenters. The predicted octanol–water partition coefficient (Wildman–Crippen LogP) is 3.62. The van der Waals surface area contributed by atoms with Gasteiger partial charge in [0.05, 0.1) is 18.1 Å². The lowest BCUT2D eigenvalue weighted by Crippen LogP contribution is -2.00. The molecule has 0 fully saturated rings. The molecule has 0 unspecified atom stereocenters. The van der Waals surface area contributed by atoms with E-state index in [1.165, 1.54) is 25.3 Å². The van der Waals surface area contributed by atoms with Gasteiger partial charge >= 0.3 is 0 Å². The van der Waals surface area contributed by atoms with Crippen molar-refractivity contribution < 1.29 is 14.4 Å². The van der Waals surface area contributed by atoms with Gasteiger partial charge in [0, 0.05) is 22.6 Å². The van der Waals surface area contributed by atoms with E-state index in [4.69, 9.17) is 15.2 Å². The maximum atomic E-state index is 10.9. The average Bonchev–Trinajstić information content (AvgIpc) is 2.48. The molecule has 2 N–H and O–H groups in total. The molecule has 0 spiro atoms. The summed E-state index contributed by atoms with van der Waals surface area (Å²) in [5.74, 6) is 1.20. The Balaban J connectivity index is 2.42. The van der Waals surface area contributed by atoms with Crippen molar-refractivity contribution in [1.29, 1.82) is 0 Å². The standard InChI is InChI=1S/C14H13BrN2O4/c1-20-13-5-3-11(17(18)19)7-14(13)21-12-4-2-10(15)6-9(12)8-16/h2-7H,8,16H2,1H3. The summed E-state index contributed by atoms with van der Waals surface area (Å²) in [6, 6.07) is 9.55. The van der Waals surface area contributed by atoms with Crippen LogP contribution in [0, 0.1) is 10.1 Å². The van der Waals surface area contributed by atoms with E-state index in [1.807, 2.05) is 6.07 Å². The van der Waals surface area contributed by atoms with Gasteiger partial charge in [0.15, 0.2) is 11.5 Å². The van der Waals surface area contributed by atoms with Crippen LogP contribution < -0.4 is 15.2 Å². The molecule has 0 amide bonds. The zero-order chi connectivity index (χ0) is 15.4. The minimum absolute atomic E-state index is 0.0720. The van der Waals surface area contributed by atoms with E-state index >= 15 is 0 Å². The number of non-ortho nitro benzene ring substituents is 1. The van der Waals surface area contributed by atoms with E-state index < -0.39 is 4.92 Å². The summed E-state index contributed by atoms with van der Waals surface area (Å²) in [6.45, 7) is 0.284. The van der Waals surface area contributed by atoms with Crippen LogP contribution in [0.25, 0.3) is 0 Å². The Labute approximate surface area is 129 Å². The molecule has 110 valence electrons. The molecule has 0 bridgehead atoms. The first kappa shape index (κ1) is 15.3. The van der Waals surface area contributed by atoms with Gasteiger partial charge in [0.2, 0.25) is 0 Å². The van der Waals surface area contributed by atoms with E-state index in [0.717, 1.165) is 10.0 Å². The summed E-state index contributed by atoms with van der Waals surface area (Å²) in [4.78, 5) is 10.4. The molecule has 0 radical (unpaired) electrons. The summed E-state index contributed by atoms with van der Waals surface area (Å²) in [7, 11) is 1.47. The monoisotopic (exact) mass is 352 g/mol. The number of nitrogens with two attached hydrogens (primary N) is 1. The van der Waals surface area contributed by atoms with Crippen molar-refractivity contribution in [2.75, 3.05) is 7.11 Å². The van der Waals surface area contributed by atoms with Crippen LogP contribution in [-0.4, -0.2) is 12.0 Å². The fraction of sp³-hybridized carbons (Fsp3) is 0.143. The number of hydrogen-bond acceptors (Lipinski definition) is 5. The average molecular weight is 353 g/mol. The first-order valence-corrected chi connectivity index (χ1v) is 6.83. The maximum absolute atomic E-state index is 10.9. The van der Waals surface area contributed by atoms with Gasteiger partial charge in [-0.3, -0.25) is 10.1 Å². The third kappa shape index (κ3) is 3.50. The number of benzene rings is 2. The molecule has 0 saturated heterocycles. The fourth-order valence-corrected chi connectivity index (χ4v) is 2.19. The summed E-state index contributed by atoms with van der Waals surface area (Å²) in [5, 5.41) is 10.9. The quantitative estimate of drug-likeness (QED) is 0.655. The number of rotatable bonds is 5. The van der Waals surface area contributed by atoms with E-state index in [-0.39, 0.29) is 18.0 Å². The number of ether oxygens (including phenoxy) is 2. The second-order valence-electron chi connectivity index (χ2n) is 4.15. The van der Waals surface area contributed by atoms with Crippen LogP contribution in [0.5, 0.6) is 17.2 Å². The van der Waals surface area contributed by atoms with Crippen molar-refractivity contribution in [2.45, 2.75) is 6.54 Å². The Morgan fingerprint density at radius 3 is 2.52 bits per heavy atom. The smallest absolute Gasteiger partial charge is 0.273 e. The van der Waals surface area contributed by atoms with Crippen LogP contribution >= 0.6 is 15.9 Å². The molecule has 6 nitrogen and oxygen atoms in total. The molecule has 0 saturated carbocycles. The van der Waals surface area contributed by atoms with Crippen LogP contribution in [0.15, 0.2) is 40.9 Å². The minimum atomic E-state index is -0.488. The summed E-state index contributed by atoms with van der Waals surface area (Å²) >= 11 is 3.36. The third-order valence-electron chi connectivity index (χ3n) is 2.82. The molecule has 0 aliphatic carbocycles. The highest BCUT2D eigenvalue weighted by atomic mass is 79.9. The molecule has 0 aliphatic rings. The van der Waals surface area contributed by atoms with E-state index in [0.29, 0.717) is 11.5 Å². The molecule has 0 heterocycles. The Morgan fingerprint density at radius 2 is 1.90 bits per heavy atom. The number of halogens is 1. The highest BCUT2D eigenvalue weighted by molar-refractivity contribution is 9.10. The molecule has 2 aromatic carbocycles. The SMILES string of the molecule is COc1ccc([N+](=O)[O-])cc1Oc1ccc(Br)cc1CN. The van der Waals surface area contributed by atoms with E-state index in [9.17, 15) is 10.1 Å². The molecule has 0 aliphatic heterocycles. The first-order chi connectivity index (χ1) is 10.0. The number of nitro benzene ring substituents is 1. The lowest BCUT2D eigenvalue weighted by Gasteiger charge is -2.13. The number of methoxy groups -OCH3 is 1. The summed E-state index contributed by atoms with van der Waals surface area (Å²) in [5.41, 5.74) is 6.39. The van der Waals surface area contributed by atoms with Crippen LogP contribution in [0.4, 0.5) is 5.69 Å². The van der Waals surface area contributed by atoms with Crippen molar-refractivity contribution in [3.05, 3.63) is 56.5 Å². The lowest BCUT2D eigenvalue weighted by molar-refractivity contribution is -0.384. The molecule has 21 heavy (non-hydrogen) atoms. The number of nitro groups is 1. The van der Waals surface area contributed by atoms with Crippen molar-refractivity contribution in [1.82, 2.24) is 0 Å². The van der Waals surface area contributed by atoms with Gasteiger partial charge in [0.1, 0.15) is 5.75 Å². The van der Waals surface area contributed by atoms with Gasteiger partial charge in [0.25, 0.3) is 5.69 Å². The molecular formula is C14H13BrN2O4. The molecule has 7 heteroatoms. The zero-order valence-electron chi connectivity index (χ0n) is 11.2. The molecular weight excluding hydrogens is 340 g/mol. The highest BCUT2D eigenvalue weighted by Gasteiger charge is 2.14. The van der Waals surface area contributed by atoms with E-state index in [1.54, 1.807) is 12.1 Å². The normalized spacial score (nSPS) is 10.2. The number of hydrogen-bond donors (Lipinski definition) is 1. The Morgan fingerprint density at radius 1 is 1.19 bits per heavy atom. The highest BCUT2D eigenvalue weighted by Crippen LogP contribution is 2.36. The summed E-state index contributed by atoms with van der Waals surface area (Å²) in [6.07, 6.45) is 0. The zero-order valence-corrected chi connectivity index (χ0v) is 12.8. The molecule has 2 aromatic rings. The minimum Gasteiger partial charge on any atom is -0.493 e. The van der Waals surface area contributed by atoms with Gasteiger partial charge in [-0.1, -0.05) is 15.9 Å². The van der Waals surface area contributed by atoms with Crippen molar-refractivity contribution in [2.24, 2.45) is 5.73 Å². The van der Waals surface area contributed by atoms with Crippen LogP contribution in [0.3, 0.4) is 0 Å². The van der Waals surface area contributed by atoms with Crippen LogP contribution in [0.2, 0.25) is 0 Å².